The van der Waals surface area contributed by atoms with Gasteiger partial charge in [0.15, 0.2) is 6.10 Å². The minimum Gasteiger partial charge on any atom is -0.462 e. The predicted octanol–water partition coefficient (Wildman–Crippen LogP) is 16.8. The maximum Gasteiger partial charge on any atom is 0.472 e. The van der Waals surface area contributed by atoms with E-state index < -0.39 is 57.8 Å². The first-order chi connectivity index (χ1) is 36.2. The summed E-state index contributed by atoms with van der Waals surface area (Å²) in [7, 11) is -4.78. The third-order valence-electron chi connectivity index (χ3n) is 11.4. The highest BCUT2D eigenvalue weighted by atomic mass is 31.2. The summed E-state index contributed by atoms with van der Waals surface area (Å²) in [5.74, 6) is -1.60. The number of esters is 3. The first-order valence-corrected chi connectivity index (χ1v) is 29.9. The molecule has 0 saturated carbocycles. The average molecular weight is 1050 g/mol. The molecule has 2 N–H and O–H groups in total. The van der Waals surface area contributed by atoms with E-state index in [1.807, 2.05) is 18.2 Å². The molecule has 0 saturated heterocycles. The Hall–Kier alpha value is -4.12. The highest BCUT2D eigenvalue weighted by Gasteiger charge is 2.28. The fraction of sp³-hybridized carbons (Fsp3) is 0.629. The number of aliphatic hydroxyl groups is 1. The lowest BCUT2D eigenvalue weighted by Gasteiger charge is -2.21. The maximum absolute atomic E-state index is 12.9. The summed E-state index contributed by atoms with van der Waals surface area (Å²) in [5.41, 5.74) is 0. The van der Waals surface area contributed by atoms with Gasteiger partial charge in [-0.15, -0.1) is 0 Å². The highest BCUT2D eigenvalue weighted by Crippen LogP contribution is 2.43. The summed E-state index contributed by atoms with van der Waals surface area (Å²) in [4.78, 5) is 48.5. The van der Waals surface area contributed by atoms with Crippen LogP contribution in [0.4, 0.5) is 0 Å². The topological polar surface area (TPSA) is 155 Å². The molecule has 0 amide bonds. The molecule has 0 spiro atoms. The molecule has 0 bridgehead atoms. The van der Waals surface area contributed by atoms with Gasteiger partial charge in [0.05, 0.1) is 19.8 Å². The number of hydrogen-bond acceptors (Lipinski definition) is 10. The van der Waals surface area contributed by atoms with Gasteiger partial charge in [0.25, 0.3) is 0 Å². The van der Waals surface area contributed by atoms with E-state index >= 15 is 0 Å². The predicted molar refractivity (Wildman–Crippen MR) is 306 cm³/mol. The van der Waals surface area contributed by atoms with Crippen LogP contribution in [0.25, 0.3) is 0 Å². The van der Waals surface area contributed by atoms with Gasteiger partial charge in [-0.1, -0.05) is 200 Å². The standard InChI is InChI=1S/C62H101O11P/c1-4-7-10-13-16-19-22-25-27-29-31-34-36-39-42-45-48-51-60(64)69-55-59(73-62(66)53-50-47-44-41-38-35-32-30-28-26-23-20-17-14-11-8-5-2)57-71-74(67,68)70-56-58(54-63)72-61(65)52-49-46-43-40-37-33-24-21-18-15-12-9-6-3/h7,9-10,12,16-21,25-28,31,33-34,37,43,46,58-59,63H,4-6,8,11,13-15,22-24,29-30,32,35-36,38-42,44-45,47-57H2,1-3H3,(H,67,68)/b10-7-,12-9-,19-16-,20-17-,21-18-,27-25-,28-26-,34-31-,37-33-,46-43-. The van der Waals surface area contributed by atoms with Gasteiger partial charge in [0.1, 0.15) is 12.7 Å². The summed E-state index contributed by atoms with van der Waals surface area (Å²) in [6, 6.07) is 0. The van der Waals surface area contributed by atoms with Crippen LogP contribution in [0.1, 0.15) is 213 Å². The second-order valence-electron chi connectivity index (χ2n) is 18.3. The average Bonchev–Trinajstić information content (AvgIpc) is 3.39. The van der Waals surface area contributed by atoms with E-state index in [2.05, 4.69) is 124 Å². The zero-order chi connectivity index (χ0) is 54.1. The van der Waals surface area contributed by atoms with Crippen LogP contribution in [0, 0.1) is 0 Å². The van der Waals surface area contributed by atoms with Crippen molar-refractivity contribution in [2.45, 2.75) is 226 Å². The molecule has 3 atom stereocenters. The lowest BCUT2D eigenvalue weighted by Crippen LogP contribution is -2.30. The van der Waals surface area contributed by atoms with Gasteiger partial charge in [0, 0.05) is 19.3 Å². The Morgan fingerprint density at radius 3 is 1.16 bits per heavy atom. The molecular weight excluding hydrogens is 952 g/mol. The third-order valence-corrected chi connectivity index (χ3v) is 12.3. The zero-order valence-electron chi connectivity index (χ0n) is 46.3. The molecule has 420 valence electrons. The fourth-order valence-corrected chi connectivity index (χ4v) is 7.88. The molecule has 0 aliphatic heterocycles. The number of phosphoric ester groups is 1. The number of rotatable bonds is 51. The van der Waals surface area contributed by atoms with Crippen molar-refractivity contribution in [1.82, 2.24) is 0 Å². The van der Waals surface area contributed by atoms with Gasteiger partial charge >= 0.3 is 25.7 Å². The molecule has 3 unspecified atom stereocenters. The lowest BCUT2D eigenvalue weighted by molar-refractivity contribution is -0.161. The molecule has 0 fully saturated rings. The fourth-order valence-electron chi connectivity index (χ4n) is 7.10. The SMILES string of the molecule is CC/C=C\C/C=C\C/C=C\C/C=C\CCCCCCC(=O)OCC(COP(=O)(O)OCC(CO)OC(=O)CC/C=C\C/C=C\C/C=C\C/C=C\CC)OC(=O)CCCCCCCCC/C=C\C/C=C\CCCCC. The van der Waals surface area contributed by atoms with Crippen LogP contribution < -0.4 is 0 Å². The van der Waals surface area contributed by atoms with Crippen molar-refractivity contribution in [1.29, 1.82) is 0 Å². The Balaban J connectivity index is 4.86. The van der Waals surface area contributed by atoms with E-state index in [4.69, 9.17) is 23.3 Å². The number of hydrogen-bond donors (Lipinski definition) is 2. The maximum atomic E-state index is 12.9. The Bertz CT molecular complexity index is 1700. The smallest absolute Gasteiger partial charge is 0.462 e. The van der Waals surface area contributed by atoms with Crippen LogP contribution in [-0.2, 0) is 42.2 Å². The zero-order valence-corrected chi connectivity index (χ0v) is 47.2. The minimum absolute atomic E-state index is 0.0480. The van der Waals surface area contributed by atoms with Crippen LogP contribution in [0.5, 0.6) is 0 Å². The lowest BCUT2D eigenvalue weighted by atomic mass is 10.1. The molecule has 0 aromatic carbocycles. The van der Waals surface area contributed by atoms with Crippen molar-refractivity contribution in [2.75, 3.05) is 26.4 Å². The van der Waals surface area contributed by atoms with Gasteiger partial charge in [0.2, 0.25) is 0 Å². The van der Waals surface area contributed by atoms with Gasteiger partial charge in [-0.05, 0) is 116 Å². The molecule has 12 heteroatoms. The highest BCUT2D eigenvalue weighted by molar-refractivity contribution is 7.47. The molecule has 11 nitrogen and oxygen atoms in total. The molecule has 0 aliphatic carbocycles. The summed E-state index contributed by atoms with van der Waals surface area (Å²) < 4.78 is 39.4. The Kier molecular flexibility index (Phi) is 52.1. The number of aliphatic hydroxyl groups excluding tert-OH is 1. The van der Waals surface area contributed by atoms with Crippen LogP contribution in [0.15, 0.2) is 122 Å². The number of allylic oxidation sites excluding steroid dienone is 20. The van der Waals surface area contributed by atoms with E-state index in [0.717, 1.165) is 116 Å². The summed E-state index contributed by atoms with van der Waals surface area (Å²) >= 11 is 0. The van der Waals surface area contributed by atoms with E-state index in [0.29, 0.717) is 19.3 Å². The van der Waals surface area contributed by atoms with E-state index in [1.54, 1.807) is 0 Å². The molecule has 0 aromatic rings. The van der Waals surface area contributed by atoms with Gasteiger partial charge in [-0.3, -0.25) is 23.4 Å². The van der Waals surface area contributed by atoms with Crippen molar-refractivity contribution in [3.05, 3.63) is 122 Å². The molecule has 0 heterocycles. The normalized spacial score (nSPS) is 14.3. The van der Waals surface area contributed by atoms with Crippen molar-refractivity contribution in [3.8, 4) is 0 Å². The Labute approximate surface area is 449 Å². The van der Waals surface area contributed by atoms with Crippen molar-refractivity contribution in [2.24, 2.45) is 0 Å². The molecular formula is C62H101O11P. The van der Waals surface area contributed by atoms with Crippen LogP contribution in [-0.4, -0.2) is 66.5 Å². The summed E-state index contributed by atoms with van der Waals surface area (Å²) in [6.45, 7) is 4.25. The van der Waals surface area contributed by atoms with Gasteiger partial charge < -0.3 is 24.2 Å². The second-order valence-corrected chi connectivity index (χ2v) is 19.8. The van der Waals surface area contributed by atoms with E-state index in [1.165, 1.54) is 38.5 Å². The first kappa shape index (κ1) is 69.9. The number of carbonyl (C=O) groups excluding carboxylic acids is 3. The van der Waals surface area contributed by atoms with Gasteiger partial charge in [-0.2, -0.15) is 0 Å². The minimum atomic E-state index is -4.78. The van der Waals surface area contributed by atoms with E-state index in [-0.39, 0.29) is 25.9 Å². The summed E-state index contributed by atoms with van der Waals surface area (Å²) in [5, 5.41) is 9.79. The largest absolute Gasteiger partial charge is 0.472 e. The Morgan fingerprint density at radius 1 is 0.392 bits per heavy atom. The van der Waals surface area contributed by atoms with Gasteiger partial charge in [-0.25, -0.2) is 4.57 Å². The quantitative estimate of drug-likeness (QED) is 0.0197. The van der Waals surface area contributed by atoms with E-state index in [9.17, 15) is 28.9 Å². The number of carbonyl (C=O) groups is 3. The van der Waals surface area contributed by atoms with Crippen molar-refractivity contribution < 1.29 is 52.2 Å². The monoisotopic (exact) mass is 1050 g/mol. The molecule has 0 radical (unpaired) electrons. The molecule has 0 aromatic heterocycles. The Morgan fingerprint density at radius 2 is 0.730 bits per heavy atom. The third kappa shape index (κ3) is 52.7. The second kappa shape index (κ2) is 55.1. The van der Waals surface area contributed by atoms with Crippen LogP contribution in [0.3, 0.4) is 0 Å². The summed E-state index contributed by atoms with van der Waals surface area (Å²) in [6.07, 6.45) is 67.4. The molecule has 0 aliphatic rings. The number of phosphoric acid groups is 1. The van der Waals surface area contributed by atoms with Crippen molar-refractivity contribution in [3.63, 3.8) is 0 Å². The van der Waals surface area contributed by atoms with Crippen LogP contribution in [0.2, 0.25) is 0 Å². The number of ether oxygens (including phenoxy) is 3. The van der Waals surface area contributed by atoms with Crippen molar-refractivity contribution >= 4 is 25.7 Å². The van der Waals surface area contributed by atoms with Crippen LogP contribution >= 0.6 is 7.82 Å². The molecule has 0 rings (SSSR count). The number of unbranched alkanes of at least 4 members (excludes halogenated alkanes) is 14. The first-order valence-electron chi connectivity index (χ1n) is 28.4. The molecule has 74 heavy (non-hydrogen) atoms.